The van der Waals surface area contributed by atoms with Crippen LogP contribution in [0.3, 0.4) is 0 Å². The third kappa shape index (κ3) is 6.10. The Balaban J connectivity index is 1.64. The van der Waals surface area contributed by atoms with Crippen LogP contribution in [0.25, 0.3) is 0 Å². The quantitative estimate of drug-likeness (QED) is 0.491. The largest absolute Gasteiger partial charge is 0.493 e. The van der Waals surface area contributed by atoms with Crippen LogP contribution in [0.2, 0.25) is 10.0 Å². The van der Waals surface area contributed by atoms with Gasteiger partial charge in [-0.25, -0.2) is 4.39 Å². The van der Waals surface area contributed by atoms with Crippen LogP contribution in [-0.4, -0.2) is 25.5 Å². The number of ether oxygens (including phenoxy) is 2. The lowest BCUT2D eigenvalue weighted by atomic mass is 10.2. The van der Waals surface area contributed by atoms with Gasteiger partial charge < -0.3 is 20.1 Å². The van der Waals surface area contributed by atoms with Gasteiger partial charge in [0.05, 0.1) is 17.8 Å². The van der Waals surface area contributed by atoms with E-state index in [1.807, 2.05) is 0 Å². The summed E-state index contributed by atoms with van der Waals surface area (Å²) >= 11 is 11.9. The van der Waals surface area contributed by atoms with Crippen LogP contribution < -0.4 is 20.1 Å². The van der Waals surface area contributed by atoms with Crippen LogP contribution in [0.15, 0.2) is 60.7 Å². The smallest absolute Gasteiger partial charge is 0.262 e. The summed E-state index contributed by atoms with van der Waals surface area (Å²) in [6.45, 7) is -0.306. The molecule has 31 heavy (non-hydrogen) atoms. The molecule has 0 unspecified atom stereocenters. The Kier molecular flexibility index (Phi) is 7.33. The van der Waals surface area contributed by atoms with Gasteiger partial charge in [-0.1, -0.05) is 23.2 Å². The van der Waals surface area contributed by atoms with E-state index in [1.165, 1.54) is 55.6 Å². The van der Waals surface area contributed by atoms with Gasteiger partial charge in [-0.2, -0.15) is 0 Å². The zero-order valence-corrected chi connectivity index (χ0v) is 17.8. The summed E-state index contributed by atoms with van der Waals surface area (Å²) < 4.78 is 23.7. The average molecular weight is 463 g/mol. The Labute approximate surface area is 187 Å². The molecule has 0 bridgehead atoms. The van der Waals surface area contributed by atoms with Crippen molar-refractivity contribution in [2.75, 3.05) is 24.4 Å². The second-order valence-electron chi connectivity index (χ2n) is 6.29. The van der Waals surface area contributed by atoms with Gasteiger partial charge in [0.2, 0.25) is 0 Å². The maximum Gasteiger partial charge on any atom is 0.262 e. The normalized spacial score (nSPS) is 10.3. The van der Waals surface area contributed by atoms with E-state index in [9.17, 15) is 14.0 Å². The third-order valence-corrected chi connectivity index (χ3v) is 4.64. The van der Waals surface area contributed by atoms with Gasteiger partial charge in [0.1, 0.15) is 5.82 Å². The molecule has 2 N–H and O–H groups in total. The molecule has 0 heterocycles. The number of methoxy groups -OCH3 is 1. The lowest BCUT2D eigenvalue weighted by molar-refractivity contribution is -0.118. The first kappa shape index (κ1) is 22.4. The van der Waals surface area contributed by atoms with Crippen molar-refractivity contribution in [3.8, 4) is 11.5 Å². The van der Waals surface area contributed by atoms with Crippen molar-refractivity contribution in [3.63, 3.8) is 0 Å². The van der Waals surface area contributed by atoms with Crippen LogP contribution in [-0.2, 0) is 4.79 Å². The molecule has 0 atom stereocenters. The lowest BCUT2D eigenvalue weighted by Crippen LogP contribution is -2.20. The molecule has 0 aromatic heterocycles. The fourth-order valence-corrected chi connectivity index (χ4v) is 3.04. The number of hydrogen-bond donors (Lipinski definition) is 2. The zero-order valence-electron chi connectivity index (χ0n) is 16.2. The van der Waals surface area contributed by atoms with E-state index in [2.05, 4.69) is 10.6 Å². The number of anilines is 2. The van der Waals surface area contributed by atoms with Crippen molar-refractivity contribution >= 4 is 46.4 Å². The predicted octanol–water partition coefficient (Wildman–Crippen LogP) is 5.41. The van der Waals surface area contributed by atoms with Crippen LogP contribution in [0, 0.1) is 5.82 Å². The number of carbonyl (C=O) groups is 2. The minimum atomic E-state index is -0.437. The van der Waals surface area contributed by atoms with Crippen molar-refractivity contribution in [1.29, 1.82) is 0 Å². The third-order valence-electron chi connectivity index (χ3n) is 4.09. The summed E-state index contributed by atoms with van der Waals surface area (Å²) in [5.41, 5.74) is 1.15. The number of nitrogens with one attached hydrogen (secondary N) is 2. The molecule has 0 aliphatic heterocycles. The van der Waals surface area contributed by atoms with E-state index >= 15 is 0 Å². The summed E-state index contributed by atoms with van der Waals surface area (Å²) in [5, 5.41) is 6.03. The van der Waals surface area contributed by atoms with Gasteiger partial charge in [0.15, 0.2) is 18.1 Å². The van der Waals surface area contributed by atoms with Gasteiger partial charge in [-0.3, -0.25) is 9.59 Å². The highest BCUT2D eigenvalue weighted by Crippen LogP contribution is 2.30. The van der Waals surface area contributed by atoms with Crippen molar-refractivity contribution in [2.24, 2.45) is 0 Å². The molecule has 3 aromatic rings. The van der Waals surface area contributed by atoms with E-state index in [-0.39, 0.29) is 18.1 Å². The van der Waals surface area contributed by atoms with Gasteiger partial charge >= 0.3 is 0 Å². The van der Waals surface area contributed by atoms with E-state index in [1.54, 1.807) is 12.1 Å². The monoisotopic (exact) mass is 462 g/mol. The van der Waals surface area contributed by atoms with E-state index in [0.29, 0.717) is 27.0 Å². The molecule has 9 heteroatoms. The molecule has 6 nitrogen and oxygen atoms in total. The molecule has 3 rings (SSSR count). The molecule has 0 fully saturated rings. The SMILES string of the molecule is COc1cc(C(=O)Nc2ccc(Cl)cc2Cl)ccc1OCC(=O)Nc1ccc(F)cc1. The number of halogens is 3. The molecular formula is C22H17Cl2FN2O4. The van der Waals surface area contributed by atoms with Crippen LogP contribution in [0.4, 0.5) is 15.8 Å². The van der Waals surface area contributed by atoms with Gasteiger partial charge in [-0.05, 0) is 60.7 Å². The van der Waals surface area contributed by atoms with E-state index in [4.69, 9.17) is 32.7 Å². The van der Waals surface area contributed by atoms with Crippen LogP contribution >= 0.6 is 23.2 Å². The summed E-state index contributed by atoms with van der Waals surface area (Å²) in [7, 11) is 1.42. The molecule has 2 amide bonds. The van der Waals surface area contributed by atoms with Crippen molar-refractivity contribution in [2.45, 2.75) is 0 Å². The fourth-order valence-electron chi connectivity index (χ4n) is 2.59. The molecule has 160 valence electrons. The van der Waals surface area contributed by atoms with Crippen molar-refractivity contribution < 1.29 is 23.5 Å². The van der Waals surface area contributed by atoms with E-state index < -0.39 is 17.6 Å². The summed E-state index contributed by atoms with van der Waals surface area (Å²) in [6.07, 6.45) is 0. The molecule has 3 aromatic carbocycles. The number of amides is 2. The molecular weight excluding hydrogens is 446 g/mol. The summed E-state index contributed by atoms with van der Waals surface area (Å²) in [4.78, 5) is 24.6. The average Bonchev–Trinajstić information content (AvgIpc) is 2.75. The number of hydrogen-bond acceptors (Lipinski definition) is 4. The second kappa shape index (κ2) is 10.1. The zero-order chi connectivity index (χ0) is 22.4. The highest BCUT2D eigenvalue weighted by Gasteiger charge is 2.14. The molecule has 0 saturated carbocycles. The highest BCUT2D eigenvalue weighted by atomic mass is 35.5. The Morgan fingerprint density at radius 3 is 2.35 bits per heavy atom. The fraction of sp³-hybridized carbons (Fsp3) is 0.0909. The first-order valence-corrected chi connectivity index (χ1v) is 9.74. The first-order chi connectivity index (χ1) is 14.9. The summed E-state index contributed by atoms with van der Waals surface area (Å²) in [5.74, 6) is -0.709. The van der Waals surface area contributed by atoms with Gasteiger partial charge in [-0.15, -0.1) is 0 Å². The van der Waals surface area contributed by atoms with Crippen molar-refractivity contribution in [1.82, 2.24) is 0 Å². The minimum absolute atomic E-state index is 0.268. The van der Waals surface area contributed by atoms with E-state index in [0.717, 1.165) is 0 Å². The summed E-state index contributed by atoms with van der Waals surface area (Å²) in [6, 6.07) is 14.6. The Bertz CT molecular complexity index is 1110. The van der Waals surface area contributed by atoms with Crippen molar-refractivity contribution in [3.05, 3.63) is 82.1 Å². The Hall–Kier alpha value is -3.29. The molecule has 0 saturated heterocycles. The molecule has 0 aliphatic carbocycles. The topological polar surface area (TPSA) is 76.7 Å². The standard InChI is InChI=1S/C22H17Cl2FN2O4/c1-30-20-10-13(22(29)27-18-8-3-14(23)11-17(18)24)2-9-19(20)31-12-21(28)26-16-6-4-15(25)5-7-16/h2-11H,12H2,1H3,(H,26,28)(H,27,29). The predicted molar refractivity (Wildman–Crippen MR) is 118 cm³/mol. The molecule has 0 aliphatic rings. The number of carbonyl (C=O) groups excluding carboxylic acids is 2. The highest BCUT2D eigenvalue weighted by molar-refractivity contribution is 6.36. The maximum atomic E-state index is 12.9. The maximum absolute atomic E-state index is 12.9. The van der Waals surface area contributed by atoms with Gasteiger partial charge in [0.25, 0.3) is 11.8 Å². The number of rotatable bonds is 7. The first-order valence-electron chi connectivity index (χ1n) is 8.98. The lowest BCUT2D eigenvalue weighted by Gasteiger charge is -2.13. The molecule has 0 spiro atoms. The number of benzene rings is 3. The second-order valence-corrected chi connectivity index (χ2v) is 7.13. The minimum Gasteiger partial charge on any atom is -0.493 e. The van der Waals surface area contributed by atoms with Crippen LogP contribution in [0.1, 0.15) is 10.4 Å². The Morgan fingerprint density at radius 1 is 0.935 bits per heavy atom. The van der Waals surface area contributed by atoms with Crippen LogP contribution in [0.5, 0.6) is 11.5 Å². The Morgan fingerprint density at radius 2 is 1.68 bits per heavy atom. The van der Waals surface area contributed by atoms with Gasteiger partial charge in [0, 0.05) is 16.3 Å². The molecule has 0 radical (unpaired) electrons.